The first-order valence-corrected chi connectivity index (χ1v) is 7.82. The van der Waals surface area contributed by atoms with Gasteiger partial charge in [-0.3, -0.25) is 9.59 Å². The molecule has 0 saturated heterocycles. The summed E-state index contributed by atoms with van der Waals surface area (Å²) in [7, 11) is 3.29. The number of likely N-dealkylation sites (N-methyl/N-ethyl adjacent to an activating group) is 1. The summed E-state index contributed by atoms with van der Waals surface area (Å²) in [5.41, 5.74) is 1.54. The lowest BCUT2D eigenvalue weighted by atomic mass is 10.1. The summed E-state index contributed by atoms with van der Waals surface area (Å²) in [6.45, 7) is 0. The Morgan fingerprint density at radius 3 is 2.35 bits per heavy atom. The van der Waals surface area contributed by atoms with Crippen molar-refractivity contribution >= 4 is 33.8 Å². The van der Waals surface area contributed by atoms with Gasteiger partial charge in [0.1, 0.15) is 5.70 Å². The van der Waals surface area contributed by atoms with Crippen LogP contribution in [0, 0.1) is 0 Å². The van der Waals surface area contributed by atoms with Gasteiger partial charge in [0, 0.05) is 24.1 Å². The van der Waals surface area contributed by atoms with Crippen LogP contribution in [0.5, 0.6) is 0 Å². The molecule has 0 aliphatic rings. The largest absolute Gasteiger partial charge is 0.344 e. The number of carbonyl (C=O) groups excluding carboxylic acids is 2. The van der Waals surface area contributed by atoms with Crippen molar-refractivity contribution in [2.75, 3.05) is 14.1 Å². The molecule has 23 heavy (non-hydrogen) atoms. The molecular weight excluding hydrogens is 356 g/mol. The molecule has 0 aliphatic heterocycles. The maximum atomic E-state index is 12.3. The van der Waals surface area contributed by atoms with Gasteiger partial charge in [-0.05, 0) is 35.9 Å². The van der Waals surface area contributed by atoms with Gasteiger partial charge >= 0.3 is 0 Å². The van der Waals surface area contributed by atoms with E-state index in [0.717, 1.165) is 10.0 Å². The monoisotopic (exact) mass is 372 g/mol. The summed E-state index contributed by atoms with van der Waals surface area (Å²) in [5, 5.41) is 2.70. The molecule has 1 N–H and O–H groups in total. The van der Waals surface area contributed by atoms with E-state index in [0.29, 0.717) is 5.56 Å². The first-order chi connectivity index (χ1) is 11.0. The van der Waals surface area contributed by atoms with Crippen LogP contribution in [0.25, 0.3) is 6.08 Å². The Morgan fingerprint density at radius 2 is 1.74 bits per heavy atom. The lowest BCUT2D eigenvalue weighted by Crippen LogP contribution is -2.34. The van der Waals surface area contributed by atoms with Crippen LogP contribution in [-0.2, 0) is 4.79 Å². The smallest absolute Gasteiger partial charge is 0.269 e. The van der Waals surface area contributed by atoms with Gasteiger partial charge in [0.2, 0.25) is 0 Å². The molecule has 2 aromatic carbocycles. The summed E-state index contributed by atoms with van der Waals surface area (Å²) in [5.74, 6) is -0.587. The summed E-state index contributed by atoms with van der Waals surface area (Å²) >= 11 is 3.39. The molecule has 0 saturated carbocycles. The van der Waals surface area contributed by atoms with E-state index in [-0.39, 0.29) is 17.5 Å². The van der Waals surface area contributed by atoms with E-state index in [4.69, 9.17) is 0 Å². The highest BCUT2D eigenvalue weighted by Gasteiger charge is 2.16. The van der Waals surface area contributed by atoms with E-state index >= 15 is 0 Å². The second-order valence-corrected chi connectivity index (χ2v) is 6.05. The summed E-state index contributed by atoms with van der Waals surface area (Å²) in [4.78, 5) is 26.1. The minimum Gasteiger partial charge on any atom is -0.344 e. The van der Waals surface area contributed by atoms with Crippen LogP contribution in [0.1, 0.15) is 15.9 Å². The number of rotatable bonds is 4. The van der Waals surface area contributed by atoms with Crippen molar-refractivity contribution in [3.63, 3.8) is 0 Å². The van der Waals surface area contributed by atoms with Crippen molar-refractivity contribution in [1.29, 1.82) is 0 Å². The standard InChI is InChI=1S/C18H17BrN2O2/c1-21(2)18(23)16(12-13-7-6-10-15(19)11-13)20-17(22)14-8-4-3-5-9-14/h3-12H,1-2H3,(H,20,22)/b16-12+. The molecule has 0 aliphatic carbocycles. The molecule has 118 valence electrons. The molecule has 0 heterocycles. The van der Waals surface area contributed by atoms with Gasteiger partial charge in [-0.25, -0.2) is 0 Å². The Hall–Kier alpha value is -2.40. The Kier molecular flexibility index (Phi) is 5.71. The van der Waals surface area contributed by atoms with Crippen molar-refractivity contribution in [1.82, 2.24) is 10.2 Å². The lowest BCUT2D eigenvalue weighted by Gasteiger charge is -2.15. The van der Waals surface area contributed by atoms with Crippen molar-refractivity contribution in [2.24, 2.45) is 0 Å². The van der Waals surface area contributed by atoms with Crippen molar-refractivity contribution in [3.05, 3.63) is 75.9 Å². The number of amides is 2. The topological polar surface area (TPSA) is 49.4 Å². The van der Waals surface area contributed by atoms with Gasteiger partial charge in [0.15, 0.2) is 0 Å². The van der Waals surface area contributed by atoms with Crippen LogP contribution >= 0.6 is 15.9 Å². The maximum absolute atomic E-state index is 12.3. The Bertz CT molecular complexity index is 740. The predicted molar refractivity (Wildman–Crippen MR) is 94.7 cm³/mol. The predicted octanol–water partition coefficient (Wildman–Crippen LogP) is 3.31. The fourth-order valence-electron chi connectivity index (χ4n) is 1.94. The van der Waals surface area contributed by atoms with Gasteiger partial charge in [0.25, 0.3) is 11.8 Å². The molecule has 0 aromatic heterocycles. The van der Waals surface area contributed by atoms with E-state index in [1.165, 1.54) is 4.90 Å². The summed E-state index contributed by atoms with van der Waals surface area (Å²) in [6.07, 6.45) is 1.66. The average Bonchev–Trinajstić information content (AvgIpc) is 2.54. The highest BCUT2D eigenvalue weighted by molar-refractivity contribution is 9.10. The Morgan fingerprint density at radius 1 is 1.04 bits per heavy atom. The van der Waals surface area contributed by atoms with E-state index < -0.39 is 0 Å². The number of hydrogen-bond acceptors (Lipinski definition) is 2. The van der Waals surface area contributed by atoms with Crippen LogP contribution in [0.3, 0.4) is 0 Å². The molecule has 0 bridgehead atoms. The zero-order valence-corrected chi connectivity index (χ0v) is 14.5. The van der Waals surface area contributed by atoms with Crippen molar-refractivity contribution in [2.45, 2.75) is 0 Å². The van der Waals surface area contributed by atoms with Crippen LogP contribution in [0.4, 0.5) is 0 Å². The minimum absolute atomic E-state index is 0.224. The Labute approximate surface area is 143 Å². The molecule has 0 spiro atoms. The third-order valence-corrected chi connectivity index (χ3v) is 3.57. The Balaban J connectivity index is 2.31. The van der Waals surface area contributed by atoms with Crippen LogP contribution in [0.15, 0.2) is 64.8 Å². The lowest BCUT2D eigenvalue weighted by molar-refractivity contribution is -0.124. The molecule has 0 radical (unpaired) electrons. The van der Waals surface area contributed by atoms with E-state index in [2.05, 4.69) is 21.2 Å². The normalized spacial score (nSPS) is 11.0. The fraction of sp³-hybridized carbons (Fsp3) is 0.111. The number of carbonyl (C=O) groups is 2. The second kappa shape index (κ2) is 7.74. The van der Waals surface area contributed by atoms with Crippen LogP contribution < -0.4 is 5.32 Å². The van der Waals surface area contributed by atoms with Gasteiger partial charge in [-0.15, -0.1) is 0 Å². The van der Waals surface area contributed by atoms with Crippen LogP contribution in [-0.4, -0.2) is 30.8 Å². The molecule has 5 heteroatoms. The minimum atomic E-state index is -0.318. The number of hydrogen-bond donors (Lipinski definition) is 1. The van der Waals surface area contributed by atoms with E-state index in [9.17, 15) is 9.59 Å². The number of nitrogens with zero attached hydrogens (tertiary/aromatic N) is 1. The summed E-state index contributed by atoms with van der Waals surface area (Å²) in [6, 6.07) is 16.3. The zero-order valence-electron chi connectivity index (χ0n) is 12.9. The maximum Gasteiger partial charge on any atom is 0.269 e. The first-order valence-electron chi connectivity index (χ1n) is 7.02. The molecule has 0 fully saturated rings. The number of benzene rings is 2. The molecular formula is C18H17BrN2O2. The third kappa shape index (κ3) is 4.79. The van der Waals surface area contributed by atoms with E-state index in [1.807, 2.05) is 30.3 Å². The van der Waals surface area contributed by atoms with Crippen LogP contribution in [0.2, 0.25) is 0 Å². The highest BCUT2D eigenvalue weighted by atomic mass is 79.9. The highest BCUT2D eigenvalue weighted by Crippen LogP contribution is 2.15. The van der Waals surface area contributed by atoms with Crippen molar-refractivity contribution < 1.29 is 9.59 Å². The molecule has 2 rings (SSSR count). The average molecular weight is 373 g/mol. The SMILES string of the molecule is CN(C)C(=O)/C(=C\c1cccc(Br)c1)NC(=O)c1ccccc1. The van der Waals surface area contributed by atoms with E-state index in [1.54, 1.807) is 44.4 Å². The van der Waals surface area contributed by atoms with Gasteiger partial charge in [-0.2, -0.15) is 0 Å². The van der Waals surface area contributed by atoms with Gasteiger partial charge in [0.05, 0.1) is 0 Å². The molecule has 2 amide bonds. The quantitative estimate of drug-likeness (QED) is 0.836. The second-order valence-electron chi connectivity index (χ2n) is 5.13. The number of halogens is 1. The molecule has 0 unspecified atom stereocenters. The third-order valence-electron chi connectivity index (χ3n) is 3.08. The zero-order chi connectivity index (χ0) is 16.8. The molecule has 2 aromatic rings. The van der Waals surface area contributed by atoms with Gasteiger partial charge in [-0.1, -0.05) is 46.3 Å². The fourth-order valence-corrected chi connectivity index (χ4v) is 2.36. The van der Waals surface area contributed by atoms with Crippen molar-refractivity contribution in [3.8, 4) is 0 Å². The first kappa shape index (κ1) is 17.0. The molecule has 4 nitrogen and oxygen atoms in total. The number of nitrogens with one attached hydrogen (secondary N) is 1. The molecule has 0 atom stereocenters. The van der Waals surface area contributed by atoms with Gasteiger partial charge < -0.3 is 10.2 Å². The summed E-state index contributed by atoms with van der Waals surface area (Å²) < 4.78 is 0.900.